The maximum absolute atomic E-state index is 12.2. The Morgan fingerprint density at radius 3 is 2.58 bits per heavy atom. The molecule has 0 aromatic heterocycles. The molecule has 0 saturated carbocycles. The Balaban J connectivity index is 3.11. The van der Waals surface area contributed by atoms with Gasteiger partial charge in [-0.15, -0.1) is 0 Å². The van der Waals surface area contributed by atoms with Crippen molar-refractivity contribution in [3.63, 3.8) is 0 Å². The van der Waals surface area contributed by atoms with Crippen molar-refractivity contribution in [2.75, 3.05) is 6.54 Å². The number of sulfonamides is 1. The minimum absolute atomic E-state index is 0.132. The molecule has 0 aliphatic heterocycles. The van der Waals surface area contributed by atoms with Crippen LogP contribution < -0.4 is 4.72 Å². The van der Waals surface area contributed by atoms with Gasteiger partial charge in [0, 0.05) is 11.6 Å². The molecule has 2 N–H and O–H groups in total. The molecule has 0 spiro atoms. The molecule has 4 nitrogen and oxygen atoms in total. The van der Waals surface area contributed by atoms with Crippen molar-refractivity contribution in [2.24, 2.45) is 5.92 Å². The van der Waals surface area contributed by atoms with Gasteiger partial charge in [-0.1, -0.05) is 31.9 Å². The van der Waals surface area contributed by atoms with E-state index in [1.54, 1.807) is 13.0 Å². The molecule has 1 rings (SSSR count). The van der Waals surface area contributed by atoms with Gasteiger partial charge >= 0.3 is 0 Å². The van der Waals surface area contributed by atoms with Crippen LogP contribution in [-0.2, 0) is 16.6 Å². The Morgan fingerprint density at radius 1 is 1.42 bits per heavy atom. The quantitative estimate of drug-likeness (QED) is 0.848. The highest BCUT2D eigenvalue weighted by Crippen LogP contribution is 2.24. The number of aliphatic hydroxyl groups is 1. The first kappa shape index (κ1) is 16.4. The average molecular weight is 306 g/mol. The molecular weight excluding hydrogens is 286 g/mol. The van der Waals surface area contributed by atoms with Gasteiger partial charge in [-0.25, -0.2) is 13.1 Å². The van der Waals surface area contributed by atoms with E-state index < -0.39 is 10.0 Å². The van der Waals surface area contributed by atoms with E-state index in [9.17, 15) is 13.5 Å². The highest BCUT2D eigenvalue weighted by atomic mass is 35.5. The van der Waals surface area contributed by atoms with Crippen LogP contribution in [0.5, 0.6) is 0 Å². The van der Waals surface area contributed by atoms with Crippen LogP contribution in [0.4, 0.5) is 0 Å². The van der Waals surface area contributed by atoms with E-state index >= 15 is 0 Å². The summed E-state index contributed by atoms with van der Waals surface area (Å²) in [6, 6.07) is 2.99. The van der Waals surface area contributed by atoms with Crippen molar-refractivity contribution in [3.8, 4) is 0 Å². The molecule has 108 valence electrons. The lowest BCUT2D eigenvalue weighted by atomic mass is 10.1. The standard InChI is InChI=1S/C13H20ClNO3S/c1-4-9(2)7-15-19(17,18)13-6-12(14)5-11(8-16)10(13)3/h5-6,9,15-16H,4,7-8H2,1-3H3. The van der Waals surface area contributed by atoms with Crippen LogP contribution in [0.15, 0.2) is 17.0 Å². The van der Waals surface area contributed by atoms with Gasteiger partial charge in [0.05, 0.1) is 11.5 Å². The van der Waals surface area contributed by atoms with Crippen molar-refractivity contribution >= 4 is 21.6 Å². The summed E-state index contributed by atoms with van der Waals surface area (Å²) >= 11 is 5.89. The maximum atomic E-state index is 12.2. The predicted molar refractivity (Wildman–Crippen MR) is 76.8 cm³/mol. The zero-order valence-corrected chi connectivity index (χ0v) is 13.0. The summed E-state index contributed by atoms with van der Waals surface area (Å²) in [7, 11) is -3.60. The van der Waals surface area contributed by atoms with Crippen LogP contribution in [0.1, 0.15) is 31.4 Å². The van der Waals surface area contributed by atoms with Crippen LogP contribution in [0, 0.1) is 12.8 Å². The minimum Gasteiger partial charge on any atom is -0.392 e. The molecular formula is C13H20ClNO3S. The normalized spacial score (nSPS) is 13.5. The van der Waals surface area contributed by atoms with Gasteiger partial charge in [0.2, 0.25) is 10.0 Å². The van der Waals surface area contributed by atoms with E-state index in [0.717, 1.165) is 6.42 Å². The molecule has 0 heterocycles. The van der Waals surface area contributed by atoms with Gasteiger partial charge in [-0.05, 0) is 36.1 Å². The summed E-state index contributed by atoms with van der Waals surface area (Å²) in [6.07, 6.45) is 0.902. The van der Waals surface area contributed by atoms with Gasteiger partial charge in [0.25, 0.3) is 0 Å². The molecule has 1 unspecified atom stereocenters. The monoisotopic (exact) mass is 305 g/mol. The summed E-state index contributed by atoms with van der Waals surface area (Å²) in [6.45, 7) is 5.80. The Kier molecular flexibility index (Phi) is 5.80. The van der Waals surface area contributed by atoms with Gasteiger partial charge in [-0.3, -0.25) is 0 Å². The molecule has 19 heavy (non-hydrogen) atoms. The minimum atomic E-state index is -3.60. The summed E-state index contributed by atoms with van der Waals surface area (Å²) in [5, 5.41) is 9.52. The molecule has 1 aromatic carbocycles. The van der Waals surface area contributed by atoms with Crippen LogP contribution in [0.2, 0.25) is 5.02 Å². The van der Waals surface area contributed by atoms with Crippen molar-refractivity contribution in [1.29, 1.82) is 0 Å². The van der Waals surface area contributed by atoms with Crippen LogP contribution in [-0.4, -0.2) is 20.1 Å². The number of aliphatic hydroxyl groups excluding tert-OH is 1. The van der Waals surface area contributed by atoms with Crippen LogP contribution in [0.3, 0.4) is 0 Å². The third-order valence-corrected chi connectivity index (χ3v) is 4.98. The Hall–Kier alpha value is -0.620. The molecule has 6 heteroatoms. The SMILES string of the molecule is CCC(C)CNS(=O)(=O)c1cc(Cl)cc(CO)c1C. The van der Waals surface area contributed by atoms with E-state index in [1.165, 1.54) is 6.07 Å². The van der Waals surface area contributed by atoms with Gasteiger partial charge in [0.15, 0.2) is 0 Å². The molecule has 1 atom stereocenters. The molecule has 0 fully saturated rings. The van der Waals surface area contributed by atoms with Crippen LogP contribution >= 0.6 is 11.6 Å². The number of halogens is 1. The first-order valence-electron chi connectivity index (χ1n) is 6.21. The van der Waals surface area contributed by atoms with Crippen molar-refractivity contribution in [1.82, 2.24) is 4.72 Å². The second-order valence-corrected chi connectivity index (χ2v) is 6.88. The van der Waals surface area contributed by atoms with Crippen molar-refractivity contribution in [3.05, 3.63) is 28.3 Å². The third kappa shape index (κ3) is 4.18. The lowest BCUT2D eigenvalue weighted by Crippen LogP contribution is -2.29. The van der Waals surface area contributed by atoms with Crippen molar-refractivity contribution < 1.29 is 13.5 Å². The first-order valence-corrected chi connectivity index (χ1v) is 8.07. The zero-order chi connectivity index (χ0) is 14.6. The molecule has 0 radical (unpaired) electrons. The Morgan fingerprint density at radius 2 is 2.05 bits per heavy atom. The van der Waals surface area contributed by atoms with Gasteiger partial charge < -0.3 is 5.11 Å². The first-order chi connectivity index (χ1) is 8.81. The van der Waals surface area contributed by atoms with E-state index in [-0.39, 0.29) is 17.4 Å². The van der Waals surface area contributed by atoms with E-state index in [1.807, 2.05) is 13.8 Å². The smallest absolute Gasteiger partial charge is 0.240 e. The second-order valence-electron chi connectivity index (χ2n) is 4.71. The fraction of sp³-hybridized carbons (Fsp3) is 0.538. The largest absolute Gasteiger partial charge is 0.392 e. The highest BCUT2D eigenvalue weighted by molar-refractivity contribution is 7.89. The van der Waals surface area contributed by atoms with E-state index in [4.69, 9.17) is 11.6 Å². The lowest BCUT2D eigenvalue weighted by Gasteiger charge is -2.14. The summed E-state index contributed by atoms with van der Waals surface area (Å²) < 4.78 is 27.1. The molecule has 0 saturated heterocycles. The van der Waals surface area contributed by atoms with Crippen molar-refractivity contribution in [2.45, 2.75) is 38.7 Å². The fourth-order valence-corrected chi connectivity index (χ4v) is 3.41. The zero-order valence-electron chi connectivity index (χ0n) is 11.4. The molecule has 0 aliphatic carbocycles. The van der Waals surface area contributed by atoms with E-state index in [2.05, 4.69) is 4.72 Å². The summed E-state index contributed by atoms with van der Waals surface area (Å²) in [5.74, 6) is 0.270. The third-order valence-electron chi connectivity index (χ3n) is 3.21. The number of rotatable bonds is 6. The summed E-state index contributed by atoms with van der Waals surface area (Å²) in [5.41, 5.74) is 1.06. The Labute approximate surface area is 119 Å². The van der Waals surface area contributed by atoms with E-state index in [0.29, 0.717) is 22.7 Å². The second kappa shape index (κ2) is 6.70. The highest BCUT2D eigenvalue weighted by Gasteiger charge is 2.19. The van der Waals surface area contributed by atoms with Gasteiger partial charge in [-0.2, -0.15) is 0 Å². The fourth-order valence-electron chi connectivity index (χ4n) is 1.63. The number of hydrogen-bond acceptors (Lipinski definition) is 3. The molecule has 1 aromatic rings. The molecule has 0 amide bonds. The summed E-state index contributed by atoms with van der Waals surface area (Å²) in [4.78, 5) is 0.132. The number of hydrogen-bond donors (Lipinski definition) is 2. The lowest BCUT2D eigenvalue weighted by molar-refractivity contribution is 0.280. The van der Waals surface area contributed by atoms with Crippen LogP contribution in [0.25, 0.3) is 0 Å². The molecule has 0 bridgehead atoms. The van der Waals surface area contributed by atoms with Gasteiger partial charge in [0.1, 0.15) is 0 Å². The average Bonchev–Trinajstić information content (AvgIpc) is 2.38. The maximum Gasteiger partial charge on any atom is 0.240 e. The number of benzene rings is 1. The number of nitrogens with one attached hydrogen (secondary N) is 1. The Bertz CT molecular complexity index is 543. The predicted octanol–water partition coefficient (Wildman–Crippen LogP) is 2.47. The molecule has 0 aliphatic rings. The topological polar surface area (TPSA) is 66.4 Å².